The number of hydrogen-bond donors (Lipinski definition) is 0. The van der Waals surface area contributed by atoms with Crippen molar-refractivity contribution in [2.45, 2.75) is 348 Å². The maximum atomic E-state index is 12.9. The van der Waals surface area contributed by atoms with Crippen LogP contribution in [0.15, 0.2) is 85.1 Å². The maximum absolute atomic E-state index is 12.9. The van der Waals surface area contributed by atoms with Crippen LogP contribution >= 0.6 is 0 Å². The minimum Gasteiger partial charge on any atom is -0.462 e. The van der Waals surface area contributed by atoms with Crippen molar-refractivity contribution in [2.24, 2.45) is 0 Å². The molecule has 1 unspecified atom stereocenters. The Hall–Kier alpha value is -3.41. The largest absolute Gasteiger partial charge is 0.462 e. The van der Waals surface area contributed by atoms with Crippen molar-refractivity contribution in [3.8, 4) is 0 Å². The van der Waals surface area contributed by atoms with E-state index in [1.807, 2.05) is 0 Å². The van der Waals surface area contributed by atoms with Crippen molar-refractivity contribution in [2.75, 3.05) is 13.2 Å². The van der Waals surface area contributed by atoms with Crippen LogP contribution in [0.4, 0.5) is 0 Å². The average Bonchev–Trinajstić information content (AvgIpc) is 3.45. The van der Waals surface area contributed by atoms with E-state index in [1.54, 1.807) is 0 Å². The van der Waals surface area contributed by atoms with Gasteiger partial charge in [0.15, 0.2) is 6.10 Å². The first-order chi connectivity index (χ1) is 39.0. The van der Waals surface area contributed by atoms with Crippen LogP contribution in [-0.2, 0) is 28.6 Å². The van der Waals surface area contributed by atoms with Gasteiger partial charge in [0.2, 0.25) is 0 Å². The third-order valence-electron chi connectivity index (χ3n) is 14.9. The Kier molecular flexibility index (Phi) is 64.2. The minimum absolute atomic E-state index is 0.0827. The molecule has 0 spiro atoms. The van der Waals surface area contributed by atoms with Crippen molar-refractivity contribution in [1.29, 1.82) is 0 Å². The van der Waals surface area contributed by atoms with Crippen LogP contribution in [0.25, 0.3) is 0 Å². The van der Waals surface area contributed by atoms with Crippen molar-refractivity contribution in [1.82, 2.24) is 0 Å². The third kappa shape index (κ3) is 65.3. The van der Waals surface area contributed by atoms with Gasteiger partial charge in [0, 0.05) is 19.3 Å². The number of unbranched alkanes of at least 4 members (excludes halogenated alkanes) is 37. The number of esters is 3. The quantitative estimate of drug-likeness (QED) is 0.0261. The van der Waals surface area contributed by atoms with Crippen molar-refractivity contribution >= 4 is 17.9 Å². The Morgan fingerprint density at radius 1 is 0.266 bits per heavy atom. The van der Waals surface area contributed by atoms with Gasteiger partial charge < -0.3 is 14.2 Å². The summed E-state index contributed by atoms with van der Waals surface area (Å²) in [5.41, 5.74) is 0. The Labute approximate surface area is 490 Å². The van der Waals surface area contributed by atoms with Gasteiger partial charge in [0.05, 0.1) is 0 Å². The van der Waals surface area contributed by atoms with E-state index in [9.17, 15) is 14.4 Å². The van der Waals surface area contributed by atoms with E-state index < -0.39 is 6.10 Å². The highest BCUT2D eigenvalue weighted by Crippen LogP contribution is 2.18. The van der Waals surface area contributed by atoms with E-state index in [0.29, 0.717) is 19.3 Å². The second-order valence-electron chi connectivity index (χ2n) is 22.7. The molecule has 0 amide bonds. The van der Waals surface area contributed by atoms with E-state index in [2.05, 4.69) is 106 Å². The van der Waals surface area contributed by atoms with Crippen LogP contribution in [0.3, 0.4) is 0 Å². The first-order valence-corrected chi connectivity index (χ1v) is 34.1. The first kappa shape index (κ1) is 75.6. The molecule has 0 aliphatic heterocycles. The van der Waals surface area contributed by atoms with Gasteiger partial charge in [-0.05, 0) is 89.9 Å². The predicted molar refractivity (Wildman–Crippen MR) is 344 cm³/mol. The van der Waals surface area contributed by atoms with Crippen LogP contribution in [0.2, 0.25) is 0 Å². The number of ether oxygens (including phenoxy) is 3. The molecule has 0 aromatic heterocycles. The molecule has 0 saturated heterocycles. The molecule has 0 rings (SSSR count). The number of rotatable bonds is 62. The molecule has 0 aliphatic carbocycles. The summed E-state index contributed by atoms with van der Waals surface area (Å²) in [5, 5.41) is 0. The second kappa shape index (κ2) is 67.1. The minimum atomic E-state index is -0.789. The molecule has 0 heterocycles. The molecule has 0 aromatic rings. The van der Waals surface area contributed by atoms with Crippen LogP contribution in [0.1, 0.15) is 342 Å². The summed E-state index contributed by atoms with van der Waals surface area (Å²) in [6.45, 7) is 6.44. The smallest absolute Gasteiger partial charge is 0.306 e. The molecule has 0 saturated carbocycles. The van der Waals surface area contributed by atoms with Crippen LogP contribution in [0.5, 0.6) is 0 Å². The number of hydrogen-bond acceptors (Lipinski definition) is 6. The predicted octanol–water partition coefficient (Wildman–Crippen LogP) is 23.4. The Morgan fingerprint density at radius 3 is 0.772 bits per heavy atom. The number of allylic oxidation sites excluding steroid dienone is 14. The van der Waals surface area contributed by atoms with Gasteiger partial charge in [-0.3, -0.25) is 14.4 Å². The molecule has 0 radical (unpaired) electrons. The standard InChI is InChI=1S/C73H128O6/c1-4-7-10-13-16-19-22-25-28-30-32-34-35-36-37-39-40-42-45-48-51-54-57-60-63-66-72(75)78-69-70(68-77-71(74)65-62-59-56-53-50-47-44-27-24-21-18-15-12-9-6-3)79-73(76)67-64-61-58-55-52-49-46-43-41-38-33-31-29-26-23-20-17-14-11-8-5-2/h8-9,11-12,17-18,20-21,26-27,29,33,38,44,70H,4-7,10,13-16,19,22-25,28,30-32,34-37,39-43,45-69H2,1-3H3/b11-8-,12-9-,20-17-,21-18-,29-26-,38-33-,44-27-. The lowest BCUT2D eigenvalue weighted by atomic mass is 10.0. The molecule has 0 aliphatic rings. The number of carbonyl (C=O) groups is 3. The summed E-state index contributed by atoms with van der Waals surface area (Å²) in [6, 6.07) is 0. The first-order valence-electron chi connectivity index (χ1n) is 34.1. The second-order valence-corrected chi connectivity index (χ2v) is 22.7. The molecule has 0 bridgehead atoms. The fourth-order valence-electron chi connectivity index (χ4n) is 9.86. The van der Waals surface area contributed by atoms with E-state index in [-0.39, 0.29) is 31.1 Å². The number of carbonyl (C=O) groups excluding carboxylic acids is 3. The van der Waals surface area contributed by atoms with Gasteiger partial charge in [0.25, 0.3) is 0 Å². The molecule has 0 N–H and O–H groups in total. The van der Waals surface area contributed by atoms with Gasteiger partial charge in [-0.25, -0.2) is 0 Å². The SMILES string of the molecule is CC/C=C\C/C=C\C/C=C\C/C=C\CCCCCCCCCCC(=O)OC(COC(=O)CCCCCCC/C=C\C/C=C\C/C=C\CC)COC(=O)CCCCCCCCCCCCCCCCCCCCCCCCCCC. The molecule has 6 nitrogen and oxygen atoms in total. The Morgan fingerprint density at radius 2 is 0.494 bits per heavy atom. The fraction of sp³-hybridized carbons (Fsp3) is 0.767. The summed E-state index contributed by atoms with van der Waals surface area (Å²) in [4.78, 5) is 38.4. The topological polar surface area (TPSA) is 78.9 Å². The molecule has 456 valence electrons. The zero-order valence-electron chi connectivity index (χ0n) is 52.4. The average molecular weight is 1100 g/mol. The van der Waals surface area contributed by atoms with E-state index in [4.69, 9.17) is 14.2 Å². The molecule has 79 heavy (non-hydrogen) atoms. The molecule has 1 atom stereocenters. The summed E-state index contributed by atoms with van der Waals surface area (Å²) in [7, 11) is 0. The van der Waals surface area contributed by atoms with Crippen molar-refractivity contribution in [3.63, 3.8) is 0 Å². The summed E-state index contributed by atoms with van der Waals surface area (Å²) >= 11 is 0. The van der Waals surface area contributed by atoms with Gasteiger partial charge in [0.1, 0.15) is 13.2 Å². The van der Waals surface area contributed by atoms with Crippen LogP contribution in [-0.4, -0.2) is 37.2 Å². The highest BCUT2D eigenvalue weighted by Gasteiger charge is 2.19. The molecule has 0 aromatic carbocycles. The van der Waals surface area contributed by atoms with E-state index in [0.717, 1.165) is 128 Å². The maximum Gasteiger partial charge on any atom is 0.306 e. The van der Waals surface area contributed by atoms with Gasteiger partial charge in [-0.1, -0.05) is 318 Å². The summed E-state index contributed by atoms with van der Waals surface area (Å²) in [5.74, 6) is -0.892. The zero-order valence-corrected chi connectivity index (χ0v) is 52.4. The van der Waals surface area contributed by atoms with E-state index in [1.165, 1.54) is 173 Å². The molecular weight excluding hydrogens is 973 g/mol. The molecule has 6 heteroatoms. The highest BCUT2D eigenvalue weighted by molar-refractivity contribution is 5.71. The zero-order chi connectivity index (χ0) is 57.1. The third-order valence-corrected chi connectivity index (χ3v) is 14.9. The lowest BCUT2D eigenvalue weighted by Crippen LogP contribution is -2.30. The van der Waals surface area contributed by atoms with Gasteiger partial charge in [-0.2, -0.15) is 0 Å². The summed E-state index contributed by atoms with van der Waals surface area (Å²) in [6.07, 6.45) is 88.9. The lowest BCUT2D eigenvalue weighted by Gasteiger charge is -2.18. The van der Waals surface area contributed by atoms with E-state index >= 15 is 0 Å². The normalized spacial score (nSPS) is 12.6. The Balaban J connectivity index is 4.32. The highest BCUT2D eigenvalue weighted by atomic mass is 16.6. The lowest BCUT2D eigenvalue weighted by molar-refractivity contribution is -0.167. The van der Waals surface area contributed by atoms with Gasteiger partial charge in [-0.15, -0.1) is 0 Å². The van der Waals surface area contributed by atoms with Crippen LogP contribution in [0, 0.1) is 0 Å². The molecular formula is C73H128O6. The fourth-order valence-corrected chi connectivity index (χ4v) is 9.86. The van der Waals surface area contributed by atoms with Crippen molar-refractivity contribution < 1.29 is 28.6 Å². The monoisotopic (exact) mass is 1100 g/mol. The Bertz CT molecular complexity index is 1500. The molecule has 0 fully saturated rings. The summed E-state index contributed by atoms with van der Waals surface area (Å²) < 4.78 is 17.0. The van der Waals surface area contributed by atoms with Crippen molar-refractivity contribution in [3.05, 3.63) is 85.1 Å². The van der Waals surface area contributed by atoms with Gasteiger partial charge >= 0.3 is 17.9 Å². The van der Waals surface area contributed by atoms with Crippen LogP contribution < -0.4 is 0 Å².